The molecule has 1 N–H and O–H groups in total. The van der Waals surface area contributed by atoms with Crippen molar-refractivity contribution in [2.75, 3.05) is 20.8 Å². The van der Waals surface area contributed by atoms with Crippen LogP contribution in [-0.4, -0.2) is 36.5 Å². The number of hydrogen-bond donors (Lipinski definition) is 1. The second kappa shape index (κ2) is 6.00. The first-order chi connectivity index (χ1) is 8.01. The van der Waals surface area contributed by atoms with E-state index in [1.54, 1.807) is 6.92 Å². The van der Waals surface area contributed by atoms with Crippen molar-refractivity contribution in [1.29, 1.82) is 0 Å². The fourth-order valence-electron chi connectivity index (χ4n) is 1.39. The smallest absolute Gasteiger partial charge is 0.329 e. The van der Waals surface area contributed by atoms with E-state index in [2.05, 4.69) is 4.98 Å². The van der Waals surface area contributed by atoms with E-state index in [0.717, 1.165) is 4.57 Å². The molecular formula is C10H15ClN2O4. The number of aromatic amines is 1. The third kappa shape index (κ3) is 3.18. The molecule has 0 aromatic carbocycles. The number of aromatic nitrogens is 2. The molecule has 0 bridgehead atoms. The van der Waals surface area contributed by atoms with Gasteiger partial charge in [0.2, 0.25) is 0 Å². The predicted molar refractivity (Wildman–Crippen MR) is 63.7 cm³/mol. The molecule has 0 saturated heterocycles. The van der Waals surface area contributed by atoms with Crippen molar-refractivity contribution in [3.8, 4) is 0 Å². The topological polar surface area (TPSA) is 73.3 Å². The first-order valence-corrected chi connectivity index (χ1v) is 5.40. The summed E-state index contributed by atoms with van der Waals surface area (Å²) >= 11 is 5.70. The van der Waals surface area contributed by atoms with Crippen LogP contribution in [0.1, 0.15) is 5.56 Å². The summed E-state index contributed by atoms with van der Waals surface area (Å²) in [6.07, 6.45) is -0.362. The average Bonchev–Trinajstić information content (AvgIpc) is 2.30. The fraction of sp³-hybridized carbons (Fsp3) is 0.600. The van der Waals surface area contributed by atoms with Gasteiger partial charge in [-0.3, -0.25) is 14.3 Å². The van der Waals surface area contributed by atoms with Gasteiger partial charge in [-0.2, -0.15) is 0 Å². The zero-order valence-corrected chi connectivity index (χ0v) is 10.7. The number of methoxy groups -OCH3 is 2. The van der Waals surface area contributed by atoms with E-state index in [1.807, 2.05) is 0 Å². The highest BCUT2D eigenvalue weighted by molar-refractivity contribution is 6.30. The van der Waals surface area contributed by atoms with E-state index >= 15 is 0 Å². The Labute approximate surface area is 103 Å². The van der Waals surface area contributed by atoms with Gasteiger partial charge in [0.1, 0.15) is 5.15 Å². The van der Waals surface area contributed by atoms with Gasteiger partial charge in [-0.05, 0) is 6.92 Å². The van der Waals surface area contributed by atoms with E-state index in [9.17, 15) is 9.59 Å². The molecule has 0 aliphatic rings. The lowest BCUT2D eigenvalue weighted by Crippen LogP contribution is -2.41. The summed E-state index contributed by atoms with van der Waals surface area (Å²) in [4.78, 5) is 25.8. The quantitative estimate of drug-likeness (QED) is 0.767. The molecule has 0 radical (unpaired) electrons. The van der Waals surface area contributed by atoms with E-state index in [1.165, 1.54) is 14.2 Å². The van der Waals surface area contributed by atoms with Crippen LogP contribution in [0.5, 0.6) is 0 Å². The van der Waals surface area contributed by atoms with Gasteiger partial charge in [0, 0.05) is 19.8 Å². The van der Waals surface area contributed by atoms with Crippen LogP contribution in [0.2, 0.25) is 5.15 Å². The van der Waals surface area contributed by atoms with Crippen LogP contribution in [-0.2, 0) is 16.0 Å². The maximum atomic E-state index is 11.8. The number of nitrogens with zero attached hydrogens (tertiary/aromatic N) is 1. The van der Waals surface area contributed by atoms with Crippen LogP contribution in [0, 0.1) is 6.92 Å². The van der Waals surface area contributed by atoms with E-state index in [-0.39, 0.29) is 17.8 Å². The molecule has 7 heteroatoms. The second-order valence-electron chi connectivity index (χ2n) is 3.60. The van der Waals surface area contributed by atoms with Gasteiger partial charge in [0.15, 0.2) is 0 Å². The lowest BCUT2D eigenvalue weighted by Gasteiger charge is -2.15. The minimum absolute atomic E-state index is 0.0666. The van der Waals surface area contributed by atoms with Crippen molar-refractivity contribution in [2.24, 2.45) is 0 Å². The molecule has 96 valence electrons. The Hall–Kier alpha value is -1.11. The SMILES string of the molecule is COCC(Cn1c(=O)[nH]c(Cl)c(C)c1=O)OC. The third-order valence-electron chi connectivity index (χ3n) is 2.43. The summed E-state index contributed by atoms with van der Waals surface area (Å²) in [6.45, 7) is 1.97. The van der Waals surface area contributed by atoms with Crippen molar-refractivity contribution in [2.45, 2.75) is 19.6 Å². The highest BCUT2D eigenvalue weighted by atomic mass is 35.5. The lowest BCUT2D eigenvalue weighted by atomic mass is 10.3. The van der Waals surface area contributed by atoms with Gasteiger partial charge in [0.05, 0.1) is 19.3 Å². The van der Waals surface area contributed by atoms with Gasteiger partial charge in [-0.1, -0.05) is 11.6 Å². The summed E-state index contributed by atoms with van der Waals surface area (Å²) in [7, 11) is 3.01. The Kier molecular flexibility index (Phi) is 4.92. The average molecular weight is 263 g/mol. The molecule has 0 amide bonds. The number of nitrogens with one attached hydrogen (secondary N) is 1. The van der Waals surface area contributed by atoms with Gasteiger partial charge in [-0.25, -0.2) is 4.79 Å². The number of hydrogen-bond acceptors (Lipinski definition) is 4. The number of halogens is 1. The Balaban J connectivity index is 3.11. The summed E-state index contributed by atoms with van der Waals surface area (Å²) in [5.74, 6) is 0. The molecule has 1 aromatic rings. The normalized spacial score (nSPS) is 12.7. The number of H-pyrrole nitrogens is 1. The molecule has 0 saturated carbocycles. The van der Waals surface area contributed by atoms with Gasteiger partial charge in [0.25, 0.3) is 5.56 Å². The molecule has 6 nitrogen and oxygen atoms in total. The van der Waals surface area contributed by atoms with Gasteiger partial charge in [-0.15, -0.1) is 0 Å². The summed E-state index contributed by atoms with van der Waals surface area (Å²) in [5.41, 5.74) is -0.667. The largest absolute Gasteiger partial charge is 0.382 e. The number of rotatable bonds is 5. The van der Waals surface area contributed by atoms with Gasteiger partial charge >= 0.3 is 5.69 Å². The Morgan fingerprint density at radius 2 is 2.06 bits per heavy atom. The Bertz CT molecular complexity index is 494. The molecule has 0 aliphatic carbocycles. The summed E-state index contributed by atoms with van der Waals surface area (Å²) in [5, 5.41) is 0.0666. The molecule has 0 aliphatic heterocycles. The van der Waals surface area contributed by atoms with E-state index in [0.29, 0.717) is 12.2 Å². The molecule has 0 spiro atoms. The Morgan fingerprint density at radius 1 is 1.41 bits per heavy atom. The van der Waals surface area contributed by atoms with Crippen LogP contribution in [0.25, 0.3) is 0 Å². The monoisotopic (exact) mass is 262 g/mol. The van der Waals surface area contributed by atoms with E-state index < -0.39 is 11.2 Å². The minimum atomic E-state index is -0.552. The predicted octanol–water partition coefficient (Wildman–Crippen LogP) is 0.160. The maximum Gasteiger partial charge on any atom is 0.329 e. The molecule has 17 heavy (non-hydrogen) atoms. The maximum absolute atomic E-state index is 11.8. The van der Waals surface area contributed by atoms with Crippen molar-refractivity contribution in [1.82, 2.24) is 9.55 Å². The number of ether oxygens (including phenoxy) is 2. The minimum Gasteiger partial charge on any atom is -0.382 e. The highest BCUT2D eigenvalue weighted by Gasteiger charge is 2.14. The summed E-state index contributed by atoms with van der Waals surface area (Å²) < 4.78 is 11.1. The molecule has 1 aromatic heterocycles. The van der Waals surface area contributed by atoms with Crippen LogP contribution in [0.15, 0.2) is 9.59 Å². The first-order valence-electron chi connectivity index (χ1n) is 5.02. The zero-order valence-electron chi connectivity index (χ0n) is 9.95. The Morgan fingerprint density at radius 3 is 2.59 bits per heavy atom. The lowest BCUT2D eigenvalue weighted by molar-refractivity contribution is 0.0170. The zero-order chi connectivity index (χ0) is 13.0. The molecule has 1 heterocycles. The van der Waals surface area contributed by atoms with Crippen LogP contribution in [0.3, 0.4) is 0 Å². The second-order valence-corrected chi connectivity index (χ2v) is 3.98. The molecular weight excluding hydrogens is 248 g/mol. The van der Waals surface area contributed by atoms with Gasteiger partial charge < -0.3 is 9.47 Å². The molecule has 0 fully saturated rings. The van der Waals surface area contributed by atoms with Crippen molar-refractivity contribution in [3.63, 3.8) is 0 Å². The van der Waals surface area contributed by atoms with Crippen LogP contribution >= 0.6 is 11.6 Å². The van der Waals surface area contributed by atoms with Crippen LogP contribution in [0.4, 0.5) is 0 Å². The van der Waals surface area contributed by atoms with Crippen molar-refractivity contribution >= 4 is 11.6 Å². The summed E-state index contributed by atoms with van der Waals surface area (Å²) in [6, 6.07) is 0. The standard InChI is InChI=1S/C10H15ClN2O4/c1-6-8(11)12-10(15)13(9(6)14)4-7(17-3)5-16-2/h7H,4-5H2,1-3H3,(H,12,15). The van der Waals surface area contributed by atoms with Crippen LogP contribution < -0.4 is 11.2 Å². The highest BCUT2D eigenvalue weighted by Crippen LogP contribution is 2.03. The molecule has 1 unspecified atom stereocenters. The molecule has 1 rings (SSSR count). The van der Waals surface area contributed by atoms with Crippen molar-refractivity contribution in [3.05, 3.63) is 31.6 Å². The van der Waals surface area contributed by atoms with Crippen molar-refractivity contribution < 1.29 is 9.47 Å². The molecule has 1 atom stereocenters. The van der Waals surface area contributed by atoms with E-state index in [4.69, 9.17) is 21.1 Å². The first kappa shape index (κ1) is 14.0. The fourth-order valence-corrected chi connectivity index (χ4v) is 1.56. The third-order valence-corrected chi connectivity index (χ3v) is 2.81.